The molecule has 0 aliphatic heterocycles. The zero-order chi connectivity index (χ0) is 10.2. The van der Waals surface area contributed by atoms with Gasteiger partial charge in [-0.15, -0.1) is 0 Å². The Morgan fingerprint density at radius 2 is 2.14 bits per heavy atom. The van der Waals surface area contributed by atoms with E-state index in [-0.39, 0.29) is 0 Å². The molecule has 0 spiro atoms. The molecular weight excluding hydrogens is 178 g/mol. The molecule has 3 heteroatoms. The molecule has 3 nitrogen and oxygen atoms in total. The third-order valence-corrected chi connectivity index (χ3v) is 2.75. The highest BCUT2D eigenvalue weighted by atomic mass is 16.5. The Balaban J connectivity index is 1.92. The Labute approximate surface area is 87.2 Å². The molecule has 1 N–H and O–H groups in total. The number of hydrogen-bond acceptors (Lipinski definition) is 3. The quantitative estimate of drug-likeness (QED) is 0.634. The van der Waals surface area contributed by atoms with E-state index < -0.39 is 0 Å². The maximum absolute atomic E-state index is 5.40. The van der Waals surface area contributed by atoms with E-state index in [1.807, 2.05) is 0 Å². The maximum atomic E-state index is 5.40. The van der Waals surface area contributed by atoms with E-state index in [0.717, 1.165) is 32.6 Å². The minimum absolute atomic E-state index is 0.476. The molecule has 14 heavy (non-hydrogen) atoms. The van der Waals surface area contributed by atoms with Gasteiger partial charge in [0.1, 0.15) is 0 Å². The summed E-state index contributed by atoms with van der Waals surface area (Å²) in [5.41, 5.74) is 0. The normalized spacial score (nSPS) is 27.0. The van der Waals surface area contributed by atoms with Gasteiger partial charge in [0.2, 0.25) is 0 Å². The highest BCUT2D eigenvalue weighted by molar-refractivity contribution is 4.80. The number of rotatable bonds is 7. The van der Waals surface area contributed by atoms with E-state index in [2.05, 4.69) is 12.2 Å². The summed E-state index contributed by atoms with van der Waals surface area (Å²) < 4.78 is 10.7. The highest BCUT2D eigenvalue weighted by Crippen LogP contribution is 2.20. The first kappa shape index (κ1) is 12.0. The summed E-state index contributed by atoms with van der Waals surface area (Å²) in [7, 11) is 1.80. The molecule has 2 unspecified atom stereocenters. The van der Waals surface area contributed by atoms with Gasteiger partial charge in [0.25, 0.3) is 0 Å². The minimum Gasteiger partial charge on any atom is -0.381 e. The molecule has 2 atom stereocenters. The van der Waals surface area contributed by atoms with Crippen LogP contribution in [-0.4, -0.2) is 39.0 Å². The first-order chi connectivity index (χ1) is 6.86. The Kier molecular flexibility index (Phi) is 6.15. The summed E-state index contributed by atoms with van der Waals surface area (Å²) >= 11 is 0. The monoisotopic (exact) mass is 201 g/mol. The van der Waals surface area contributed by atoms with E-state index in [1.54, 1.807) is 7.11 Å². The first-order valence-electron chi connectivity index (χ1n) is 5.70. The smallest absolute Gasteiger partial charge is 0.0590 e. The molecule has 0 heterocycles. The average Bonchev–Trinajstić information content (AvgIpc) is 2.65. The summed E-state index contributed by atoms with van der Waals surface area (Å²) in [4.78, 5) is 0. The standard InChI is InChI=1S/C11H23NO2/c1-3-7-14-8-6-12-10-4-5-11(9-10)13-2/h10-12H,3-9H2,1-2H3. The largest absolute Gasteiger partial charge is 0.381 e. The van der Waals surface area contributed by atoms with Crippen LogP contribution in [0, 0.1) is 0 Å². The van der Waals surface area contributed by atoms with Gasteiger partial charge in [0, 0.05) is 26.3 Å². The molecule has 0 aromatic heterocycles. The van der Waals surface area contributed by atoms with Crippen molar-refractivity contribution >= 4 is 0 Å². The molecule has 1 rings (SSSR count). The van der Waals surface area contributed by atoms with Crippen LogP contribution in [0.3, 0.4) is 0 Å². The van der Waals surface area contributed by atoms with Crippen molar-refractivity contribution in [1.82, 2.24) is 5.32 Å². The van der Waals surface area contributed by atoms with Crippen molar-refractivity contribution in [3.8, 4) is 0 Å². The predicted octanol–water partition coefficient (Wildman–Crippen LogP) is 1.57. The van der Waals surface area contributed by atoms with Crippen LogP contribution >= 0.6 is 0 Å². The summed E-state index contributed by atoms with van der Waals surface area (Å²) in [5.74, 6) is 0. The average molecular weight is 201 g/mol. The molecule has 1 fully saturated rings. The van der Waals surface area contributed by atoms with Crippen LogP contribution in [-0.2, 0) is 9.47 Å². The maximum Gasteiger partial charge on any atom is 0.0590 e. The van der Waals surface area contributed by atoms with E-state index in [9.17, 15) is 0 Å². The molecule has 1 saturated carbocycles. The molecule has 0 saturated heterocycles. The number of hydrogen-bond donors (Lipinski definition) is 1. The van der Waals surface area contributed by atoms with Crippen molar-refractivity contribution < 1.29 is 9.47 Å². The number of methoxy groups -OCH3 is 1. The van der Waals surface area contributed by atoms with Crippen LogP contribution in [0.1, 0.15) is 32.6 Å². The molecule has 0 radical (unpaired) electrons. The summed E-state index contributed by atoms with van der Waals surface area (Å²) in [6, 6.07) is 0.644. The van der Waals surface area contributed by atoms with Crippen molar-refractivity contribution in [3.05, 3.63) is 0 Å². The van der Waals surface area contributed by atoms with Crippen molar-refractivity contribution in [2.24, 2.45) is 0 Å². The van der Waals surface area contributed by atoms with Gasteiger partial charge in [-0.25, -0.2) is 0 Å². The Hall–Kier alpha value is -0.120. The molecule has 1 aliphatic carbocycles. The summed E-state index contributed by atoms with van der Waals surface area (Å²) in [6.07, 6.45) is 5.18. The lowest BCUT2D eigenvalue weighted by Crippen LogP contribution is -2.30. The van der Waals surface area contributed by atoms with Crippen LogP contribution in [0.2, 0.25) is 0 Å². The fourth-order valence-corrected chi connectivity index (χ4v) is 1.92. The Morgan fingerprint density at radius 1 is 1.29 bits per heavy atom. The SMILES string of the molecule is CCCOCCNC1CCC(OC)C1. The van der Waals surface area contributed by atoms with Gasteiger partial charge in [-0.2, -0.15) is 0 Å². The lowest BCUT2D eigenvalue weighted by Gasteiger charge is -2.12. The molecule has 84 valence electrons. The van der Waals surface area contributed by atoms with Crippen LogP contribution in [0.25, 0.3) is 0 Å². The van der Waals surface area contributed by atoms with E-state index in [1.165, 1.54) is 12.8 Å². The number of ether oxygens (including phenoxy) is 2. The molecular formula is C11H23NO2. The third kappa shape index (κ3) is 4.40. The van der Waals surface area contributed by atoms with Gasteiger partial charge in [-0.3, -0.25) is 0 Å². The summed E-state index contributed by atoms with van der Waals surface area (Å²) in [5, 5.41) is 3.50. The highest BCUT2D eigenvalue weighted by Gasteiger charge is 2.23. The van der Waals surface area contributed by atoms with Crippen LogP contribution in [0.5, 0.6) is 0 Å². The molecule has 1 aliphatic rings. The van der Waals surface area contributed by atoms with Crippen LogP contribution in [0.15, 0.2) is 0 Å². The van der Waals surface area contributed by atoms with Gasteiger partial charge in [-0.05, 0) is 25.7 Å². The molecule has 0 bridgehead atoms. The van der Waals surface area contributed by atoms with Gasteiger partial charge < -0.3 is 14.8 Å². The van der Waals surface area contributed by atoms with Crippen LogP contribution in [0.4, 0.5) is 0 Å². The fourth-order valence-electron chi connectivity index (χ4n) is 1.92. The van der Waals surface area contributed by atoms with Crippen LogP contribution < -0.4 is 5.32 Å². The second-order valence-electron chi connectivity index (χ2n) is 3.93. The lowest BCUT2D eigenvalue weighted by molar-refractivity contribution is 0.105. The summed E-state index contributed by atoms with van der Waals surface area (Å²) in [6.45, 7) is 4.82. The number of nitrogens with one attached hydrogen (secondary N) is 1. The van der Waals surface area contributed by atoms with Crippen molar-refractivity contribution in [2.75, 3.05) is 26.9 Å². The minimum atomic E-state index is 0.476. The fraction of sp³-hybridized carbons (Fsp3) is 1.00. The van der Waals surface area contributed by atoms with Gasteiger partial charge in [-0.1, -0.05) is 6.92 Å². The third-order valence-electron chi connectivity index (χ3n) is 2.75. The van der Waals surface area contributed by atoms with E-state index in [0.29, 0.717) is 12.1 Å². The zero-order valence-electron chi connectivity index (χ0n) is 9.42. The van der Waals surface area contributed by atoms with Gasteiger partial charge in [0.05, 0.1) is 12.7 Å². The predicted molar refractivity (Wildman–Crippen MR) is 57.5 cm³/mol. The van der Waals surface area contributed by atoms with Crippen molar-refractivity contribution in [2.45, 2.75) is 44.8 Å². The van der Waals surface area contributed by atoms with Gasteiger partial charge >= 0.3 is 0 Å². The second kappa shape index (κ2) is 7.21. The molecule has 0 aromatic rings. The molecule has 0 amide bonds. The van der Waals surface area contributed by atoms with Crippen molar-refractivity contribution in [3.63, 3.8) is 0 Å². The first-order valence-corrected chi connectivity index (χ1v) is 5.70. The second-order valence-corrected chi connectivity index (χ2v) is 3.93. The topological polar surface area (TPSA) is 30.5 Å². The van der Waals surface area contributed by atoms with Crippen molar-refractivity contribution in [1.29, 1.82) is 0 Å². The van der Waals surface area contributed by atoms with E-state index >= 15 is 0 Å². The zero-order valence-corrected chi connectivity index (χ0v) is 9.42. The Bertz CT molecular complexity index is 141. The lowest BCUT2D eigenvalue weighted by atomic mass is 10.2. The molecule has 0 aromatic carbocycles. The Morgan fingerprint density at radius 3 is 2.79 bits per heavy atom. The van der Waals surface area contributed by atoms with Gasteiger partial charge in [0.15, 0.2) is 0 Å². The van der Waals surface area contributed by atoms with E-state index in [4.69, 9.17) is 9.47 Å².